The van der Waals surface area contributed by atoms with Crippen LogP contribution < -0.4 is 5.73 Å². The molecule has 18 heavy (non-hydrogen) atoms. The van der Waals surface area contributed by atoms with E-state index in [0.717, 1.165) is 6.07 Å². The molecule has 0 aliphatic rings. The van der Waals surface area contributed by atoms with Crippen molar-refractivity contribution in [2.45, 2.75) is 18.1 Å². The number of nitrogens with two attached hydrogens (primary N) is 1. The van der Waals surface area contributed by atoms with Crippen molar-refractivity contribution >= 4 is 32.0 Å². The van der Waals surface area contributed by atoms with Crippen LogP contribution in [0.2, 0.25) is 0 Å². The Balaban J connectivity index is 3.13. The van der Waals surface area contributed by atoms with Crippen LogP contribution in [0.25, 0.3) is 0 Å². The van der Waals surface area contributed by atoms with Gasteiger partial charge in [0, 0.05) is 19.7 Å². The van der Waals surface area contributed by atoms with E-state index in [9.17, 15) is 18.5 Å². The van der Waals surface area contributed by atoms with Gasteiger partial charge in [0.2, 0.25) is 0 Å². The van der Waals surface area contributed by atoms with Crippen LogP contribution in [0.1, 0.15) is 13.8 Å². The summed E-state index contributed by atoms with van der Waals surface area (Å²) in [7, 11) is -2.26. The maximum absolute atomic E-state index is 12.1. The van der Waals surface area contributed by atoms with Crippen LogP contribution in [0.3, 0.4) is 0 Å². The Morgan fingerprint density at radius 3 is 2.50 bits per heavy atom. The van der Waals surface area contributed by atoms with E-state index in [1.54, 1.807) is 0 Å². The monoisotopic (exact) mass is 293 g/mol. The van der Waals surface area contributed by atoms with Crippen molar-refractivity contribution in [2.24, 2.45) is 5.92 Å². The molecule has 1 aromatic rings. The molecule has 0 amide bonds. The summed E-state index contributed by atoms with van der Waals surface area (Å²) in [6, 6.07) is 1.01. The van der Waals surface area contributed by atoms with E-state index in [1.807, 2.05) is 13.8 Å². The van der Waals surface area contributed by atoms with Crippen molar-refractivity contribution in [1.82, 2.24) is 4.31 Å². The largest absolute Gasteiger partial charge is 0.385 e. The Bertz CT molecular complexity index is 550. The number of nitrogen functional groups attached to an aromatic ring is 1. The van der Waals surface area contributed by atoms with Crippen LogP contribution in [0.4, 0.5) is 10.7 Å². The van der Waals surface area contributed by atoms with E-state index in [0.29, 0.717) is 17.9 Å². The second kappa shape index (κ2) is 5.21. The van der Waals surface area contributed by atoms with Crippen molar-refractivity contribution in [3.8, 4) is 0 Å². The molecule has 1 aromatic heterocycles. The molecule has 1 heterocycles. The van der Waals surface area contributed by atoms with Crippen LogP contribution in [0.15, 0.2) is 10.3 Å². The molecule has 102 valence electrons. The number of sulfonamides is 1. The average molecular weight is 293 g/mol. The molecule has 0 radical (unpaired) electrons. The van der Waals surface area contributed by atoms with E-state index in [-0.39, 0.29) is 20.8 Å². The average Bonchev–Trinajstić information content (AvgIpc) is 2.59. The molecule has 2 N–H and O–H groups in total. The first-order valence-corrected chi connectivity index (χ1v) is 7.42. The van der Waals surface area contributed by atoms with Gasteiger partial charge in [0.25, 0.3) is 10.0 Å². The van der Waals surface area contributed by atoms with E-state index in [4.69, 9.17) is 5.73 Å². The highest BCUT2D eigenvalue weighted by molar-refractivity contribution is 7.91. The minimum atomic E-state index is -3.70. The van der Waals surface area contributed by atoms with Crippen LogP contribution in [0, 0.1) is 16.0 Å². The Kier molecular flexibility index (Phi) is 4.30. The molecule has 0 fully saturated rings. The second-order valence-corrected chi connectivity index (χ2v) is 7.61. The predicted octanol–water partition coefficient (Wildman–Crippen LogP) is 1.52. The molecule has 0 saturated heterocycles. The van der Waals surface area contributed by atoms with Crippen LogP contribution in [-0.4, -0.2) is 31.2 Å². The highest BCUT2D eigenvalue weighted by Crippen LogP contribution is 2.35. The first-order chi connectivity index (χ1) is 8.16. The van der Waals surface area contributed by atoms with Gasteiger partial charge in [-0.2, -0.15) is 4.31 Å². The zero-order valence-electron chi connectivity index (χ0n) is 10.3. The molecule has 9 heteroatoms. The quantitative estimate of drug-likeness (QED) is 0.654. The van der Waals surface area contributed by atoms with Crippen molar-refractivity contribution in [1.29, 1.82) is 0 Å². The third-order valence-corrected chi connectivity index (χ3v) is 5.43. The summed E-state index contributed by atoms with van der Waals surface area (Å²) < 4.78 is 25.3. The van der Waals surface area contributed by atoms with Gasteiger partial charge in [0.1, 0.15) is 4.21 Å². The SMILES string of the molecule is CC(C)CN(C)S(=O)(=O)c1cc([N+](=O)[O-])c(N)s1. The first kappa shape index (κ1) is 14.9. The predicted molar refractivity (Wildman–Crippen MR) is 70.0 cm³/mol. The number of nitro groups is 1. The molecule has 0 aliphatic carbocycles. The molecule has 7 nitrogen and oxygen atoms in total. The minimum Gasteiger partial charge on any atom is -0.385 e. The first-order valence-electron chi connectivity index (χ1n) is 5.16. The lowest BCUT2D eigenvalue weighted by atomic mass is 10.2. The molecular weight excluding hydrogens is 278 g/mol. The topological polar surface area (TPSA) is 107 Å². The second-order valence-electron chi connectivity index (χ2n) is 4.25. The number of hydrogen-bond donors (Lipinski definition) is 1. The fourth-order valence-corrected chi connectivity index (χ4v) is 4.17. The van der Waals surface area contributed by atoms with Crippen molar-refractivity contribution in [3.63, 3.8) is 0 Å². The molecule has 0 bridgehead atoms. The fraction of sp³-hybridized carbons (Fsp3) is 0.556. The molecular formula is C9H15N3O4S2. The maximum Gasteiger partial charge on any atom is 0.304 e. The van der Waals surface area contributed by atoms with E-state index >= 15 is 0 Å². The van der Waals surface area contributed by atoms with Gasteiger partial charge in [-0.15, -0.1) is 0 Å². The van der Waals surface area contributed by atoms with Gasteiger partial charge in [0.05, 0.1) is 4.92 Å². The molecule has 0 aromatic carbocycles. The molecule has 1 rings (SSSR count). The van der Waals surface area contributed by atoms with Gasteiger partial charge in [-0.05, 0) is 5.92 Å². The normalized spacial score (nSPS) is 12.3. The number of anilines is 1. The van der Waals surface area contributed by atoms with Crippen molar-refractivity contribution < 1.29 is 13.3 Å². The summed E-state index contributed by atoms with van der Waals surface area (Å²) in [5.41, 5.74) is 5.07. The fourth-order valence-electron chi connectivity index (χ4n) is 1.41. The van der Waals surface area contributed by atoms with Crippen LogP contribution >= 0.6 is 11.3 Å². The van der Waals surface area contributed by atoms with E-state index in [2.05, 4.69) is 0 Å². The number of nitrogens with zero attached hydrogens (tertiary/aromatic N) is 2. The van der Waals surface area contributed by atoms with Gasteiger partial charge in [-0.3, -0.25) is 10.1 Å². The Hall–Kier alpha value is -1.19. The van der Waals surface area contributed by atoms with Gasteiger partial charge >= 0.3 is 5.69 Å². The molecule has 0 spiro atoms. The zero-order valence-corrected chi connectivity index (χ0v) is 11.9. The van der Waals surface area contributed by atoms with Gasteiger partial charge in [-0.25, -0.2) is 8.42 Å². The molecule has 0 aliphatic heterocycles. The Morgan fingerprint density at radius 2 is 2.11 bits per heavy atom. The number of rotatable bonds is 5. The highest BCUT2D eigenvalue weighted by Gasteiger charge is 2.28. The smallest absolute Gasteiger partial charge is 0.304 e. The highest BCUT2D eigenvalue weighted by atomic mass is 32.2. The maximum atomic E-state index is 12.1. The Labute approximate surface area is 109 Å². The molecule has 0 atom stereocenters. The molecule has 0 unspecified atom stereocenters. The lowest BCUT2D eigenvalue weighted by Crippen LogP contribution is -2.29. The third-order valence-electron chi connectivity index (χ3n) is 2.20. The summed E-state index contributed by atoms with van der Waals surface area (Å²) in [6.07, 6.45) is 0. The van der Waals surface area contributed by atoms with Crippen LogP contribution in [0.5, 0.6) is 0 Å². The van der Waals surface area contributed by atoms with E-state index in [1.165, 1.54) is 11.4 Å². The number of thiophene rings is 1. The zero-order chi connectivity index (χ0) is 14.1. The summed E-state index contributed by atoms with van der Waals surface area (Å²) in [4.78, 5) is 9.95. The third kappa shape index (κ3) is 2.98. The lowest BCUT2D eigenvalue weighted by Gasteiger charge is -2.17. The minimum absolute atomic E-state index is 0.100. The summed E-state index contributed by atoms with van der Waals surface area (Å²) in [6.45, 7) is 4.11. The van der Waals surface area contributed by atoms with Gasteiger partial charge in [0.15, 0.2) is 5.00 Å². The van der Waals surface area contributed by atoms with Gasteiger partial charge < -0.3 is 5.73 Å². The van der Waals surface area contributed by atoms with Crippen LogP contribution in [-0.2, 0) is 10.0 Å². The van der Waals surface area contributed by atoms with Crippen molar-refractivity contribution in [3.05, 3.63) is 16.2 Å². The van der Waals surface area contributed by atoms with Gasteiger partial charge in [-0.1, -0.05) is 25.2 Å². The molecule has 0 saturated carbocycles. The summed E-state index contributed by atoms with van der Waals surface area (Å²) in [5, 5.41) is 10.5. The summed E-state index contributed by atoms with van der Waals surface area (Å²) >= 11 is 0.712. The Morgan fingerprint density at radius 1 is 1.56 bits per heavy atom. The van der Waals surface area contributed by atoms with Crippen molar-refractivity contribution in [2.75, 3.05) is 19.3 Å². The van der Waals surface area contributed by atoms with E-state index < -0.39 is 14.9 Å². The standard InChI is InChI=1S/C9H15N3O4S2/c1-6(2)5-11(3)18(15,16)8-4-7(12(13)14)9(10)17-8/h4,6H,5,10H2,1-3H3. The summed E-state index contributed by atoms with van der Waals surface area (Å²) in [5.74, 6) is 0.164. The number of hydrogen-bond acceptors (Lipinski definition) is 6. The lowest BCUT2D eigenvalue weighted by molar-refractivity contribution is -0.383.